The summed E-state index contributed by atoms with van der Waals surface area (Å²) in [6, 6.07) is 0. The lowest BCUT2D eigenvalue weighted by Crippen LogP contribution is -2.00. The molecule has 0 atom stereocenters. The van der Waals surface area contributed by atoms with E-state index in [0.717, 1.165) is 0 Å². The second-order valence-corrected chi connectivity index (χ2v) is 2.43. The molecule has 0 aliphatic heterocycles. The Bertz CT molecular complexity index is 260. The molecule has 10 heavy (non-hydrogen) atoms. The molecule has 0 aliphatic rings. The quantitative estimate of drug-likeness (QED) is 0.659. The van der Waals surface area contributed by atoms with Crippen LogP contribution in [0.1, 0.15) is 5.56 Å². The van der Waals surface area contributed by atoms with Crippen LogP contribution in [0.25, 0.3) is 0 Å². The van der Waals surface area contributed by atoms with E-state index in [-0.39, 0.29) is 4.62 Å². The minimum Gasteiger partial charge on any atom is -0.383 e. The molecule has 0 spiro atoms. The average Bonchev–Trinajstić information content (AvgIpc) is 1.88. The molecule has 0 radical (unpaired) electrons. The van der Waals surface area contributed by atoms with Gasteiger partial charge in [-0.25, -0.2) is 9.97 Å². The maximum atomic E-state index is 7.13. The van der Waals surface area contributed by atoms with E-state index in [2.05, 4.69) is 25.9 Å². The van der Waals surface area contributed by atoms with Crippen LogP contribution >= 0.6 is 15.9 Å². The van der Waals surface area contributed by atoms with Gasteiger partial charge in [-0.1, -0.05) is 0 Å². The van der Waals surface area contributed by atoms with Gasteiger partial charge in [-0.2, -0.15) is 0 Å². The molecular weight excluding hydrogens is 196 g/mol. The molecule has 3 N–H and O–H groups in total. The van der Waals surface area contributed by atoms with Crippen molar-refractivity contribution >= 4 is 26.4 Å². The molecule has 0 saturated heterocycles. The minimum atomic E-state index is 0.200. The summed E-state index contributed by atoms with van der Waals surface area (Å²) in [5, 5.41) is 7.13. The fourth-order valence-corrected chi connectivity index (χ4v) is 0.814. The van der Waals surface area contributed by atoms with Gasteiger partial charge in [0.1, 0.15) is 16.8 Å². The van der Waals surface area contributed by atoms with E-state index in [1.807, 2.05) is 0 Å². The zero-order chi connectivity index (χ0) is 7.56. The number of anilines is 1. The van der Waals surface area contributed by atoms with Gasteiger partial charge in [0.05, 0.1) is 5.56 Å². The molecule has 0 saturated carbocycles. The second kappa shape index (κ2) is 2.74. The third-order valence-corrected chi connectivity index (χ3v) is 1.41. The van der Waals surface area contributed by atoms with Crippen molar-refractivity contribution in [1.82, 2.24) is 9.97 Å². The fourth-order valence-electron chi connectivity index (χ4n) is 0.508. The van der Waals surface area contributed by atoms with Crippen LogP contribution in [0, 0.1) is 5.41 Å². The van der Waals surface area contributed by atoms with Gasteiger partial charge in [0, 0.05) is 6.20 Å². The third-order valence-electron chi connectivity index (χ3n) is 0.980. The van der Waals surface area contributed by atoms with Gasteiger partial charge in [-0.3, -0.25) is 5.41 Å². The summed E-state index contributed by atoms with van der Waals surface area (Å²) in [7, 11) is 0. The Morgan fingerprint density at radius 2 is 2.40 bits per heavy atom. The van der Waals surface area contributed by atoms with Crippen molar-refractivity contribution in [3.63, 3.8) is 0 Å². The third kappa shape index (κ3) is 1.30. The van der Waals surface area contributed by atoms with E-state index in [4.69, 9.17) is 11.1 Å². The standard InChI is InChI=1S/C5H5BrN4/c6-4(7)3-1-9-2-10-5(3)8/h1-2,7H,(H2,8,9,10). The van der Waals surface area contributed by atoms with Gasteiger partial charge < -0.3 is 5.73 Å². The van der Waals surface area contributed by atoms with Gasteiger partial charge in [-0.05, 0) is 15.9 Å². The molecule has 1 rings (SSSR count). The molecule has 0 fully saturated rings. The highest BCUT2D eigenvalue weighted by atomic mass is 79.9. The zero-order valence-electron chi connectivity index (χ0n) is 5.00. The van der Waals surface area contributed by atoms with Crippen LogP contribution in [-0.4, -0.2) is 14.6 Å². The van der Waals surface area contributed by atoms with Crippen LogP contribution in [0.15, 0.2) is 12.5 Å². The van der Waals surface area contributed by atoms with Crippen LogP contribution in [0.2, 0.25) is 0 Å². The van der Waals surface area contributed by atoms with E-state index in [9.17, 15) is 0 Å². The lowest BCUT2D eigenvalue weighted by atomic mass is 10.3. The Morgan fingerprint density at radius 1 is 1.70 bits per heavy atom. The highest BCUT2D eigenvalue weighted by Gasteiger charge is 2.01. The van der Waals surface area contributed by atoms with E-state index in [1.165, 1.54) is 12.5 Å². The monoisotopic (exact) mass is 200 g/mol. The van der Waals surface area contributed by atoms with Crippen molar-refractivity contribution in [2.75, 3.05) is 5.73 Å². The second-order valence-electron chi connectivity index (χ2n) is 1.64. The van der Waals surface area contributed by atoms with Crippen molar-refractivity contribution in [1.29, 1.82) is 5.41 Å². The van der Waals surface area contributed by atoms with Crippen molar-refractivity contribution in [3.05, 3.63) is 18.1 Å². The number of hydrogen-bond acceptors (Lipinski definition) is 4. The lowest BCUT2D eigenvalue weighted by molar-refractivity contribution is 1.17. The smallest absolute Gasteiger partial charge is 0.136 e. The topological polar surface area (TPSA) is 75.7 Å². The van der Waals surface area contributed by atoms with Crippen molar-refractivity contribution in [3.8, 4) is 0 Å². The first kappa shape index (κ1) is 7.14. The van der Waals surface area contributed by atoms with Crippen molar-refractivity contribution < 1.29 is 0 Å². The number of nitrogens with one attached hydrogen (secondary N) is 1. The van der Waals surface area contributed by atoms with E-state index >= 15 is 0 Å². The van der Waals surface area contributed by atoms with Gasteiger partial charge in [0.25, 0.3) is 0 Å². The van der Waals surface area contributed by atoms with Gasteiger partial charge in [-0.15, -0.1) is 0 Å². The summed E-state index contributed by atoms with van der Waals surface area (Å²) in [6.07, 6.45) is 2.83. The maximum Gasteiger partial charge on any atom is 0.136 e. The largest absolute Gasteiger partial charge is 0.383 e. The number of nitrogens with zero attached hydrogens (tertiary/aromatic N) is 2. The Kier molecular flexibility index (Phi) is 1.96. The first-order valence-electron chi connectivity index (χ1n) is 2.51. The highest BCUT2D eigenvalue weighted by Crippen LogP contribution is 2.08. The van der Waals surface area contributed by atoms with Gasteiger partial charge in [0.15, 0.2) is 0 Å². The summed E-state index contributed by atoms with van der Waals surface area (Å²) in [5.74, 6) is 0.317. The maximum absolute atomic E-state index is 7.13. The predicted molar refractivity (Wildman–Crippen MR) is 42.2 cm³/mol. The summed E-state index contributed by atoms with van der Waals surface area (Å²) in [4.78, 5) is 7.40. The van der Waals surface area contributed by atoms with Crippen LogP contribution < -0.4 is 5.73 Å². The molecule has 1 aromatic heterocycles. The van der Waals surface area contributed by atoms with Gasteiger partial charge in [0.2, 0.25) is 0 Å². The van der Waals surface area contributed by atoms with E-state index in [1.54, 1.807) is 0 Å². The molecule has 0 aliphatic carbocycles. The number of nitrogens with two attached hydrogens (primary N) is 1. The number of aromatic nitrogens is 2. The predicted octanol–water partition coefficient (Wildman–Crippen LogP) is 0.779. The summed E-state index contributed by atoms with van der Waals surface area (Å²) >= 11 is 2.96. The fraction of sp³-hybridized carbons (Fsp3) is 0. The van der Waals surface area contributed by atoms with Crippen LogP contribution in [0.5, 0.6) is 0 Å². The molecule has 4 nitrogen and oxygen atoms in total. The first-order chi connectivity index (χ1) is 4.72. The summed E-state index contributed by atoms with van der Waals surface area (Å²) < 4.78 is 0.200. The number of rotatable bonds is 1. The normalized spacial score (nSPS) is 9.30. The summed E-state index contributed by atoms with van der Waals surface area (Å²) in [5.41, 5.74) is 5.92. The first-order valence-corrected chi connectivity index (χ1v) is 3.31. The van der Waals surface area contributed by atoms with E-state index in [0.29, 0.717) is 11.4 Å². The van der Waals surface area contributed by atoms with Crippen LogP contribution in [0.3, 0.4) is 0 Å². The Morgan fingerprint density at radius 3 is 2.80 bits per heavy atom. The minimum absolute atomic E-state index is 0.200. The number of hydrogen-bond donors (Lipinski definition) is 2. The highest BCUT2D eigenvalue weighted by molar-refractivity contribution is 9.18. The molecule has 5 heteroatoms. The summed E-state index contributed by atoms with van der Waals surface area (Å²) in [6.45, 7) is 0. The molecule has 0 aromatic carbocycles. The van der Waals surface area contributed by atoms with Crippen LogP contribution in [-0.2, 0) is 0 Å². The molecular formula is C5H5BrN4. The molecule has 1 aromatic rings. The number of halogens is 1. The van der Waals surface area contributed by atoms with Crippen molar-refractivity contribution in [2.24, 2.45) is 0 Å². The van der Waals surface area contributed by atoms with E-state index < -0.39 is 0 Å². The Balaban J connectivity index is 3.15. The molecule has 52 valence electrons. The average molecular weight is 201 g/mol. The Hall–Kier alpha value is -0.970. The number of nitrogen functional groups attached to an aromatic ring is 1. The SMILES string of the molecule is N=C(Br)c1cncnc1N. The molecule has 0 amide bonds. The molecule has 0 bridgehead atoms. The lowest BCUT2D eigenvalue weighted by Gasteiger charge is -1.96. The molecule has 1 heterocycles. The Labute approximate surface area is 66.1 Å². The van der Waals surface area contributed by atoms with Crippen LogP contribution in [0.4, 0.5) is 5.82 Å². The zero-order valence-corrected chi connectivity index (χ0v) is 6.59. The van der Waals surface area contributed by atoms with Gasteiger partial charge >= 0.3 is 0 Å². The molecule has 0 unspecified atom stereocenters. The van der Waals surface area contributed by atoms with Crippen molar-refractivity contribution in [2.45, 2.75) is 0 Å².